The molecular weight excluding hydrogens is 134 g/mol. The molecule has 0 aromatic carbocycles. The van der Waals surface area contributed by atoms with E-state index in [2.05, 4.69) is 32.9 Å². The minimum atomic E-state index is 0.653. The Morgan fingerprint density at radius 3 is 2.64 bits per heavy atom. The van der Waals surface area contributed by atoms with Crippen molar-refractivity contribution in [2.75, 3.05) is 0 Å². The molecule has 1 atom stereocenters. The van der Waals surface area contributed by atoms with E-state index in [0.29, 0.717) is 11.8 Å². The van der Waals surface area contributed by atoms with Crippen molar-refractivity contribution in [2.24, 2.45) is 17.6 Å². The Hall–Kier alpha value is -0.720. The summed E-state index contributed by atoms with van der Waals surface area (Å²) < 4.78 is 0. The number of hydrogen-bond acceptors (Lipinski definition) is 1. The van der Waals surface area contributed by atoms with Gasteiger partial charge in [-0.3, -0.25) is 0 Å². The van der Waals surface area contributed by atoms with E-state index >= 15 is 0 Å². The fourth-order valence-corrected chi connectivity index (χ4v) is 1.50. The normalized spacial score (nSPS) is 24.9. The van der Waals surface area contributed by atoms with Crippen LogP contribution >= 0.6 is 0 Å². The Morgan fingerprint density at radius 1 is 1.55 bits per heavy atom. The van der Waals surface area contributed by atoms with Gasteiger partial charge in [0.15, 0.2) is 0 Å². The molecule has 0 heterocycles. The van der Waals surface area contributed by atoms with Crippen molar-refractivity contribution in [3.8, 4) is 0 Å². The molecule has 0 bridgehead atoms. The zero-order valence-corrected chi connectivity index (χ0v) is 7.59. The van der Waals surface area contributed by atoms with E-state index in [4.69, 9.17) is 5.73 Å². The van der Waals surface area contributed by atoms with E-state index in [1.807, 2.05) is 0 Å². The molecule has 1 aliphatic rings. The maximum atomic E-state index is 5.77. The van der Waals surface area contributed by atoms with Crippen LogP contribution in [0, 0.1) is 11.8 Å². The summed E-state index contributed by atoms with van der Waals surface area (Å²) in [5, 5.41) is 0. The summed E-state index contributed by atoms with van der Waals surface area (Å²) in [5.41, 5.74) is 8.12. The maximum Gasteiger partial charge on any atom is 0.00890 e. The average Bonchev–Trinajstić information content (AvgIpc) is 1.85. The summed E-state index contributed by atoms with van der Waals surface area (Å²) in [5.74, 6) is 1.36. The Kier molecular flexibility index (Phi) is 2.38. The summed E-state index contributed by atoms with van der Waals surface area (Å²) in [4.78, 5) is 0. The third-order valence-corrected chi connectivity index (χ3v) is 2.22. The minimum absolute atomic E-state index is 0.653. The lowest BCUT2D eigenvalue weighted by atomic mass is 9.86. The molecule has 0 fully saturated rings. The van der Waals surface area contributed by atoms with Crippen LogP contribution in [0.25, 0.3) is 0 Å². The molecule has 2 N–H and O–H groups in total. The first-order valence-electron chi connectivity index (χ1n) is 4.24. The molecule has 62 valence electrons. The fourth-order valence-electron chi connectivity index (χ4n) is 1.50. The Morgan fingerprint density at radius 2 is 2.18 bits per heavy atom. The second-order valence-corrected chi connectivity index (χ2v) is 3.74. The molecular formula is C10H17N. The van der Waals surface area contributed by atoms with Crippen molar-refractivity contribution in [2.45, 2.75) is 27.2 Å². The van der Waals surface area contributed by atoms with Crippen molar-refractivity contribution >= 4 is 0 Å². The smallest absolute Gasteiger partial charge is 0.00890 e. The predicted molar refractivity (Wildman–Crippen MR) is 49.0 cm³/mol. The standard InChI is InChI=1S/C10H17N/c1-7(2)9-4-8(3)5-10(11)6-9/h4-5,7,9H,6,11H2,1-3H3. The fraction of sp³-hybridized carbons (Fsp3) is 0.600. The maximum absolute atomic E-state index is 5.77. The first kappa shape index (κ1) is 8.38. The average molecular weight is 151 g/mol. The second kappa shape index (κ2) is 3.12. The predicted octanol–water partition coefficient (Wildman–Crippen LogP) is 2.45. The van der Waals surface area contributed by atoms with Gasteiger partial charge in [0, 0.05) is 5.70 Å². The molecule has 0 aromatic heterocycles. The minimum Gasteiger partial charge on any atom is -0.402 e. The third-order valence-electron chi connectivity index (χ3n) is 2.22. The van der Waals surface area contributed by atoms with E-state index in [1.54, 1.807) is 0 Å². The van der Waals surface area contributed by atoms with Crippen molar-refractivity contribution in [3.63, 3.8) is 0 Å². The molecule has 0 radical (unpaired) electrons. The van der Waals surface area contributed by atoms with Gasteiger partial charge >= 0.3 is 0 Å². The van der Waals surface area contributed by atoms with Crippen molar-refractivity contribution in [1.29, 1.82) is 0 Å². The van der Waals surface area contributed by atoms with Crippen LogP contribution < -0.4 is 5.73 Å². The van der Waals surface area contributed by atoms with E-state index in [-0.39, 0.29) is 0 Å². The van der Waals surface area contributed by atoms with Gasteiger partial charge in [0.05, 0.1) is 0 Å². The van der Waals surface area contributed by atoms with Gasteiger partial charge in [-0.1, -0.05) is 25.5 Å². The van der Waals surface area contributed by atoms with Gasteiger partial charge in [-0.25, -0.2) is 0 Å². The molecule has 1 heteroatoms. The Bertz CT molecular complexity index is 199. The number of allylic oxidation sites excluding steroid dienone is 4. The van der Waals surface area contributed by atoms with Crippen LogP contribution in [0.5, 0.6) is 0 Å². The van der Waals surface area contributed by atoms with Gasteiger partial charge in [0.1, 0.15) is 0 Å². The highest BCUT2D eigenvalue weighted by Crippen LogP contribution is 2.25. The summed E-state index contributed by atoms with van der Waals surface area (Å²) in [6.07, 6.45) is 5.43. The number of rotatable bonds is 1. The van der Waals surface area contributed by atoms with Crippen LogP contribution in [-0.2, 0) is 0 Å². The van der Waals surface area contributed by atoms with Gasteiger partial charge in [0.25, 0.3) is 0 Å². The van der Waals surface area contributed by atoms with Gasteiger partial charge in [-0.2, -0.15) is 0 Å². The highest BCUT2D eigenvalue weighted by atomic mass is 14.6. The van der Waals surface area contributed by atoms with Gasteiger partial charge in [0.2, 0.25) is 0 Å². The molecule has 0 saturated carbocycles. The van der Waals surface area contributed by atoms with Crippen LogP contribution in [0.4, 0.5) is 0 Å². The molecule has 1 unspecified atom stereocenters. The first-order chi connectivity index (χ1) is 5.09. The second-order valence-electron chi connectivity index (χ2n) is 3.74. The number of nitrogens with two attached hydrogens (primary N) is 1. The SMILES string of the molecule is CC1=CC(C(C)C)CC(N)=C1. The molecule has 0 spiro atoms. The first-order valence-corrected chi connectivity index (χ1v) is 4.24. The molecule has 0 aromatic rings. The largest absolute Gasteiger partial charge is 0.402 e. The summed E-state index contributed by atoms with van der Waals surface area (Å²) >= 11 is 0. The van der Waals surface area contributed by atoms with Crippen LogP contribution in [0.15, 0.2) is 23.4 Å². The molecule has 1 rings (SSSR count). The van der Waals surface area contributed by atoms with Gasteiger partial charge < -0.3 is 5.73 Å². The Balaban J connectivity index is 2.71. The van der Waals surface area contributed by atoms with Gasteiger partial charge in [-0.05, 0) is 31.3 Å². The topological polar surface area (TPSA) is 26.0 Å². The highest BCUT2D eigenvalue weighted by Gasteiger charge is 2.14. The lowest BCUT2D eigenvalue weighted by Crippen LogP contribution is -2.14. The molecule has 11 heavy (non-hydrogen) atoms. The monoisotopic (exact) mass is 151 g/mol. The lowest BCUT2D eigenvalue weighted by molar-refractivity contribution is 0.454. The van der Waals surface area contributed by atoms with Gasteiger partial charge in [-0.15, -0.1) is 0 Å². The van der Waals surface area contributed by atoms with Crippen LogP contribution in [0.2, 0.25) is 0 Å². The summed E-state index contributed by atoms with van der Waals surface area (Å²) in [6.45, 7) is 6.60. The van der Waals surface area contributed by atoms with E-state index in [1.165, 1.54) is 5.57 Å². The molecule has 0 saturated heterocycles. The van der Waals surface area contributed by atoms with E-state index in [0.717, 1.165) is 12.1 Å². The summed E-state index contributed by atoms with van der Waals surface area (Å²) in [6, 6.07) is 0. The number of hydrogen-bond donors (Lipinski definition) is 1. The quantitative estimate of drug-likeness (QED) is 0.612. The highest BCUT2D eigenvalue weighted by molar-refractivity contribution is 5.26. The van der Waals surface area contributed by atoms with Crippen LogP contribution in [0.1, 0.15) is 27.2 Å². The lowest BCUT2D eigenvalue weighted by Gasteiger charge is -2.21. The Labute approximate surface area is 69.0 Å². The third kappa shape index (κ3) is 2.11. The summed E-state index contributed by atoms with van der Waals surface area (Å²) in [7, 11) is 0. The van der Waals surface area contributed by atoms with Crippen LogP contribution in [-0.4, -0.2) is 0 Å². The zero-order valence-electron chi connectivity index (χ0n) is 7.59. The van der Waals surface area contributed by atoms with Crippen molar-refractivity contribution in [1.82, 2.24) is 0 Å². The molecule has 0 amide bonds. The van der Waals surface area contributed by atoms with Crippen LogP contribution in [0.3, 0.4) is 0 Å². The molecule has 1 aliphatic carbocycles. The van der Waals surface area contributed by atoms with Crippen molar-refractivity contribution < 1.29 is 0 Å². The van der Waals surface area contributed by atoms with Crippen molar-refractivity contribution in [3.05, 3.63) is 23.4 Å². The van der Waals surface area contributed by atoms with E-state index < -0.39 is 0 Å². The van der Waals surface area contributed by atoms with E-state index in [9.17, 15) is 0 Å². The zero-order chi connectivity index (χ0) is 8.43. The molecule has 0 aliphatic heterocycles. The molecule has 1 nitrogen and oxygen atoms in total.